The van der Waals surface area contributed by atoms with Gasteiger partial charge in [0.2, 0.25) is 10.0 Å². The van der Waals surface area contributed by atoms with Crippen molar-refractivity contribution in [3.63, 3.8) is 0 Å². The molecule has 0 saturated carbocycles. The van der Waals surface area contributed by atoms with Gasteiger partial charge in [-0.3, -0.25) is 0 Å². The standard InChI is InChI=1S/C10H14F2N2O2S.ClH/c1-10(2,6-13)14-17(15,16)9-4-3-7(11)5-8(9)12;/h3-5,14H,6,13H2,1-2H3;1H. The first-order chi connectivity index (χ1) is 7.68. The minimum Gasteiger partial charge on any atom is -0.329 e. The Morgan fingerprint density at radius 1 is 1.33 bits per heavy atom. The van der Waals surface area contributed by atoms with E-state index in [9.17, 15) is 17.2 Å². The Morgan fingerprint density at radius 2 is 1.89 bits per heavy atom. The fraction of sp³-hybridized carbons (Fsp3) is 0.400. The van der Waals surface area contributed by atoms with Crippen LogP contribution in [0.3, 0.4) is 0 Å². The number of sulfonamides is 1. The van der Waals surface area contributed by atoms with Crippen molar-refractivity contribution >= 4 is 22.4 Å². The van der Waals surface area contributed by atoms with Crippen LogP contribution < -0.4 is 10.5 Å². The van der Waals surface area contributed by atoms with Gasteiger partial charge in [0, 0.05) is 18.2 Å². The summed E-state index contributed by atoms with van der Waals surface area (Å²) < 4.78 is 51.9. The van der Waals surface area contributed by atoms with Gasteiger partial charge in [-0.1, -0.05) is 0 Å². The summed E-state index contributed by atoms with van der Waals surface area (Å²) in [4.78, 5) is -0.597. The summed E-state index contributed by atoms with van der Waals surface area (Å²) in [6.45, 7) is 3.17. The lowest BCUT2D eigenvalue weighted by Crippen LogP contribution is -2.48. The van der Waals surface area contributed by atoms with Gasteiger partial charge in [0.1, 0.15) is 16.5 Å². The first-order valence-corrected chi connectivity index (χ1v) is 6.35. The molecular formula is C10H15ClF2N2O2S. The smallest absolute Gasteiger partial charge is 0.244 e. The van der Waals surface area contributed by atoms with Crippen molar-refractivity contribution in [1.82, 2.24) is 4.72 Å². The molecule has 0 aliphatic rings. The minimum absolute atomic E-state index is 0. The molecule has 0 aliphatic carbocycles. The molecule has 0 heterocycles. The summed E-state index contributed by atoms with van der Waals surface area (Å²) in [6.07, 6.45) is 0. The molecule has 0 aromatic heterocycles. The highest BCUT2D eigenvalue weighted by Crippen LogP contribution is 2.17. The molecule has 3 N–H and O–H groups in total. The molecule has 0 saturated heterocycles. The molecular weight excluding hydrogens is 286 g/mol. The van der Waals surface area contributed by atoms with E-state index in [1.165, 1.54) is 0 Å². The highest BCUT2D eigenvalue weighted by molar-refractivity contribution is 7.89. The summed E-state index contributed by atoms with van der Waals surface area (Å²) in [5, 5.41) is 0. The topological polar surface area (TPSA) is 72.2 Å². The molecule has 8 heteroatoms. The van der Waals surface area contributed by atoms with Crippen LogP contribution in [0.2, 0.25) is 0 Å². The second-order valence-corrected chi connectivity index (χ2v) is 5.92. The molecule has 4 nitrogen and oxygen atoms in total. The van der Waals surface area contributed by atoms with Crippen molar-refractivity contribution in [3.05, 3.63) is 29.8 Å². The second-order valence-electron chi connectivity index (χ2n) is 4.27. The maximum atomic E-state index is 13.3. The Labute approximate surface area is 111 Å². The number of hydrogen-bond donors (Lipinski definition) is 2. The Balaban J connectivity index is 0.00000289. The van der Waals surface area contributed by atoms with Crippen LogP contribution in [-0.2, 0) is 10.0 Å². The predicted octanol–water partition coefficient (Wildman–Crippen LogP) is 1.40. The number of hydrogen-bond acceptors (Lipinski definition) is 3. The Kier molecular flexibility index (Phi) is 5.67. The fourth-order valence-electron chi connectivity index (χ4n) is 1.15. The molecule has 0 unspecified atom stereocenters. The number of rotatable bonds is 4. The first-order valence-electron chi connectivity index (χ1n) is 4.87. The van der Waals surface area contributed by atoms with Gasteiger partial charge in [0.25, 0.3) is 0 Å². The van der Waals surface area contributed by atoms with E-state index >= 15 is 0 Å². The third-order valence-electron chi connectivity index (χ3n) is 2.10. The van der Waals surface area contributed by atoms with E-state index in [2.05, 4.69) is 4.72 Å². The zero-order valence-electron chi connectivity index (χ0n) is 9.91. The summed E-state index contributed by atoms with van der Waals surface area (Å²) in [5.41, 5.74) is 4.47. The molecule has 1 aromatic rings. The molecule has 0 amide bonds. The SMILES string of the molecule is CC(C)(CN)NS(=O)(=O)c1ccc(F)cc1F.Cl. The maximum Gasteiger partial charge on any atom is 0.244 e. The Hall–Kier alpha value is -0.760. The first kappa shape index (κ1) is 17.2. The van der Waals surface area contributed by atoms with Crippen molar-refractivity contribution in [3.8, 4) is 0 Å². The average molecular weight is 301 g/mol. The quantitative estimate of drug-likeness (QED) is 0.883. The molecule has 18 heavy (non-hydrogen) atoms. The van der Waals surface area contributed by atoms with Crippen LogP contribution in [0.15, 0.2) is 23.1 Å². The lowest BCUT2D eigenvalue weighted by atomic mass is 10.1. The lowest BCUT2D eigenvalue weighted by Gasteiger charge is -2.23. The third kappa shape index (κ3) is 4.16. The second kappa shape index (κ2) is 5.92. The van der Waals surface area contributed by atoms with Gasteiger partial charge in [-0.25, -0.2) is 21.9 Å². The van der Waals surface area contributed by atoms with Crippen molar-refractivity contribution < 1.29 is 17.2 Å². The van der Waals surface area contributed by atoms with E-state index in [1.54, 1.807) is 13.8 Å². The summed E-state index contributed by atoms with van der Waals surface area (Å²) in [7, 11) is -4.05. The van der Waals surface area contributed by atoms with Gasteiger partial charge in [-0.2, -0.15) is 0 Å². The van der Waals surface area contributed by atoms with Gasteiger partial charge >= 0.3 is 0 Å². The van der Waals surface area contributed by atoms with E-state index in [-0.39, 0.29) is 19.0 Å². The van der Waals surface area contributed by atoms with E-state index in [0.29, 0.717) is 6.07 Å². The van der Waals surface area contributed by atoms with E-state index in [4.69, 9.17) is 5.73 Å². The Bertz CT molecular complexity index is 521. The number of nitrogens with two attached hydrogens (primary N) is 1. The van der Waals surface area contributed by atoms with Crippen LogP contribution in [0.25, 0.3) is 0 Å². The lowest BCUT2D eigenvalue weighted by molar-refractivity contribution is 0.459. The monoisotopic (exact) mass is 300 g/mol. The van der Waals surface area contributed by atoms with Crippen LogP contribution in [0.4, 0.5) is 8.78 Å². The van der Waals surface area contributed by atoms with E-state index in [1.807, 2.05) is 0 Å². The van der Waals surface area contributed by atoms with Gasteiger partial charge in [-0.05, 0) is 26.0 Å². The van der Waals surface area contributed by atoms with Crippen LogP contribution in [0.5, 0.6) is 0 Å². The van der Waals surface area contributed by atoms with Crippen LogP contribution in [0.1, 0.15) is 13.8 Å². The molecule has 0 atom stereocenters. The van der Waals surface area contributed by atoms with Gasteiger partial charge in [-0.15, -0.1) is 12.4 Å². The average Bonchev–Trinajstić information content (AvgIpc) is 2.15. The molecule has 104 valence electrons. The molecule has 0 radical (unpaired) electrons. The van der Waals surface area contributed by atoms with Gasteiger partial charge in [0.05, 0.1) is 0 Å². The van der Waals surface area contributed by atoms with Crippen molar-refractivity contribution in [2.75, 3.05) is 6.54 Å². The zero-order valence-corrected chi connectivity index (χ0v) is 11.5. The van der Waals surface area contributed by atoms with Gasteiger partial charge in [0.15, 0.2) is 0 Å². The maximum absolute atomic E-state index is 13.3. The summed E-state index contributed by atoms with van der Waals surface area (Å²) in [5.74, 6) is -1.97. The number of nitrogens with one attached hydrogen (secondary N) is 1. The van der Waals surface area contributed by atoms with Crippen LogP contribution in [-0.4, -0.2) is 20.5 Å². The molecule has 1 aromatic carbocycles. The number of benzene rings is 1. The highest BCUT2D eigenvalue weighted by Gasteiger charge is 2.27. The zero-order chi connectivity index (χ0) is 13.3. The van der Waals surface area contributed by atoms with Crippen molar-refractivity contribution in [1.29, 1.82) is 0 Å². The highest BCUT2D eigenvalue weighted by atomic mass is 35.5. The normalized spacial score (nSPS) is 12.1. The van der Waals surface area contributed by atoms with E-state index in [0.717, 1.165) is 12.1 Å². The Morgan fingerprint density at radius 3 is 2.33 bits per heavy atom. The minimum atomic E-state index is -4.05. The van der Waals surface area contributed by atoms with Crippen LogP contribution >= 0.6 is 12.4 Å². The fourth-order valence-corrected chi connectivity index (χ4v) is 2.64. The number of halogens is 3. The summed E-state index contributed by atoms with van der Waals surface area (Å²) >= 11 is 0. The van der Waals surface area contributed by atoms with E-state index < -0.39 is 32.1 Å². The van der Waals surface area contributed by atoms with Gasteiger partial charge < -0.3 is 5.73 Å². The van der Waals surface area contributed by atoms with Crippen molar-refractivity contribution in [2.45, 2.75) is 24.3 Å². The van der Waals surface area contributed by atoms with Crippen molar-refractivity contribution in [2.24, 2.45) is 5.73 Å². The molecule has 0 spiro atoms. The third-order valence-corrected chi connectivity index (χ3v) is 3.84. The molecule has 0 fully saturated rings. The molecule has 0 bridgehead atoms. The summed E-state index contributed by atoms with van der Waals surface area (Å²) in [6, 6.07) is 2.27. The van der Waals surface area contributed by atoms with Crippen LogP contribution in [0, 0.1) is 11.6 Å². The predicted molar refractivity (Wildman–Crippen MR) is 67.1 cm³/mol. The molecule has 1 rings (SSSR count). The molecule has 0 aliphatic heterocycles. The largest absolute Gasteiger partial charge is 0.329 e.